The molecule has 10 heavy (non-hydrogen) atoms. The van der Waals surface area contributed by atoms with Crippen LogP contribution in [0.2, 0.25) is 0 Å². The van der Waals surface area contributed by atoms with Crippen molar-refractivity contribution in [3.05, 3.63) is 24.0 Å². The highest BCUT2D eigenvalue weighted by molar-refractivity contribution is 7.80. The van der Waals surface area contributed by atoms with E-state index in [0.29, 0.717) is 5.56 Å². The second-order valence-corrected chi connectivity index (χ2v) is 2.20. The lowest BCUT2D eigenvalue weighted by Crippen LogP contribution is -2.09. The molecule has 0 aliphatic rings. The minimum atomic E-state index is 0.0231. The first-order valence-corrected chi connectivity index (χ1v) is 3.05. The molecule has 0 radical (unpaired) electrons. The van der Waals surface area contributed by atoms with Crippen LogP contribution in [0.3, 0.4) is 0 Å². The highest BCUT2D eigenvalue weighted by atomic mass is 32.1. The molecular weight excluding hydrogens is 148 g/mol. The van der Waals surface area contributed by atoms with Gasteiger partial charge in [0.25, 0.3) is 0 Å². The molecular formula is C6H6N2OS. The molecule has 1 heterocycles. The Labute approximate surface area is 63.5 Å². The summed E-state index contributed by atoms with van der Waals surface area (Å²) in [5.41, 5.74) is 5.72. The lowest BCUT2D eigenvalue weighted by Gasteiger charge is -1.98. The van der Waals surface area contributed by atoms with Gasteiger partial charge in [0.2, 0.25) is 0 Å². The molecule has 0 saturated carbocycles. The standard InChI is InChI=1S/C6H6N2OS/c7-6(10)4-1-2-8-3-5(4)9/h1-3,9H,(H2,7,10). The molecule has 4 heteroatoms. The number of pyridine rings is 1. The lowest BCUT2D eigenvalue weighted by atomic mass is 10.2. The minimum Gasteiger partial charge on any atom is -0.506 e. The average molecular weight is 154 g/mol. The summed E-state index contributed by atoms with van der Waals surface area (Å²) in [7, 11) is 0. The molecule has 0 amide bonds. The zero-order valence-corrected chi connectivity index (χ0v) is 5.93. The maximum atomic E-state index is 9.05. The van der Waals surface area contributed by atoms with Gasteiger partial charge in [0.15, 0.2) is 0 Å². The number of nitrogens with zero attached hydrogens (tertiary/aromatic N) is 1. The summed E-state index contributed by atoms with van der Waals surface area (Å²) in [4.78, 5) is 3.84. The van der Waals surface area contributed by atoms with Gasteiger partial charge in [-0.3, -0.25) is 4.98 Å². The first-order chi connectivity index (χ1) is 4.72. The number of aromatic nitrogens is 1. The second-order valence-electron chi connectivity index (χ2n) is 1.76. The highest BCUT2D eigenvalue weighted by Gasteiger charge is 2.00. The van der Waals surface area contributed by atoms with Gasteiger partial charge in [-0.2, -0.15) is 0 Å². The zero-order valence-electron chi connectivity index (χ0n) is 5.11. The summed E-state index contributed by atoms with van der Waals surface area (Å²) in [6.07, 6.45) is 2.82. The van der Waals surface area contributed by atoms with E-state index in [0.717, 1.165) is 0 Å². The van der Waals surface area contributed by atoms with E-state index in [9.17, 15) is 0 Å². The van der Waals surface area contributed by atoms with Crippen molar-refractivity contribution >= 4 is 17.2 Å². The lowest BCUT2D eigenvalue weighted by molar-refractivity contribution is 0.471. The predicted octanol–water partition coefficient (Wildman–Crippen LogP) is 0.421. The van der Waals surface area contributed by atoms with Crippen LogP contribution in [0.1, 0.15) is 5.56 Å². The number of rotatable bonds is 1. The fraction of sp³-hybridized carbons (Fsp3) is 0. The summed E-state index contributed by atoms with van der Waals surface area (Å²) in [5.74, 6) is 0.0231. The van der Waals surface area contributed by atoms with Crippen molar-refractivity contribution < 1.29 is 5.11 Å². The van der Waals surface area contributed by atoms with Crippen LogP contribution in [-0.2, 0) is 0 Å². The first-order valence-electron chi connectivity index (χ1n) is 2.64. The van der Waals surface area contributed by atoms with Gasteiger partial charge in [-0.15, -0.1) is 0 Å². The molecule has 1 aromatic heterocycles. The first kappa shape index (κ1) is 6.95. The number of aromatic hydroxyl groups is 1. The molecule has 0 aliphatic heterocycles. The quantitative estimate of drug-likeness (QED) is 0.575. The summed E-state index contributed by atoms with van der Waals surface area (Å²) in [5, 5.41) is 9.05. The molecule has 3 N–H and O–H groups in total. The fourth-order valence-electron chi connectivity index (χ4n) is 0.594. The van der Waals surface area contributed by atoms with Crippen LogP contribution >= 0.6 is 12.2 Å². The maximum Gasteiger partial charge on any atom is 0.144 e. The second kappa shape index (κ2) is 2.62. The third-order valence-corrected chi connectivity index (χ3v) is 1.29. The third kappa shape index (κ3) is 1.22. The average Bonchev–Trinajstić information content (AvgIpc) is 1.88. The number of thiocarbonyl (C=S) groups is 1. The van der Waals surface area contributed by atoms with E-state index in [4.69, 9.17) is 10.8 Å². The van der Waals surface area contributed by atoms with Crippen LogP contribution in [0.15, 0.2) is 18.5 Å². The van der Waals surface area contributed by atoms with Gasteiger partial charge in [-0.25, -0.2) is 0 Å². The van der Waals surface area contributed by atoms with E-state index < -0.39 is 0 Å². The Morgan fingerprint density at radius 3 is 2.80 bits per heavy atom. The van der Waals surface area contributed by atoms with E-state index >= 15 is 0 Å². The van der Waals surface area contributed by atoms with Gasteiger partial charge in [0.05, 0.1) is 11.8 Å². The van der Waals surface area contributed by atoms with Gasteiger partial charge in [0.1, 0.15) is 10.7 Å². The Kier molecular flexibility index (Phi) is 1.82. The molecule has 0 bridgehead atoms. The molecule has 0 saturated heterocycles. The van der Waals surface area contributed by atoms with E-state index in [1.54, 1.807) is 6.07 Å². The summed E-state index contributed by atoms with van der Waals surface area (Å²) in [6.45, 7) is 0. The normalized spacial score (nSPS) is 9.20. The molecule has 1 aromatic rings. The highest BCUT2D eigenvalue weighted by Crippen LogP contribution is 2.12. The molecule has 52 valence electrons. The van der Waals surface area contributed by atoms with Gasteiger partial charge in [-0.1, -0.05) is 12.2 Å². The summed E-state index contributed by atoms with van der Waals surface area (Å²) >= 11 is 4.64. The van der Waals surface area contributed by atoms with Gasteiger partial charge in [-0.05, 0) is 6.07 Å². The predicted molar refractivity (Wildman–Crippen MR) is 41.8 cm³/mol. The van der Waals surface area contributed by atoms with Crippen molar-refractivity contribution in [1.82, 2.24) is 4.98 Å². The minimum absolute atomic E-state index is 0.0231. The molecule has 0 fully saturated rings. The summed E-state index contributed by atoms with van der Waals surface area (Å²) in [6, 6.07) is 1.57. The van der Waals surface area contributed by atoms with E-state index in [1.807, 2.05) is 0 Å². The van der Waals surface area contributed by atoms with Crippen LogP contribution < -0.4 is 5.73 Å². The van der Waals surface area contributed by atoms with Crippen molar-refractivity contribution in [2.24, 2.45) is 5.73 Å². The molecule has 1 rings (SSSR count). The number of hydrogen-bond donors (Lipinski definition) is 2. The monoisotopic (exact) mass is 154 g/mol. The number of hydrogen-bond acceptors (Lipinski definition) is 3. The van der Waals surface area contributed by atoms with E-state index in [1.165, 1.54) is 12.4 Å². The maximum absolute atomic E-state index is 9.05. The van der Waals surface area contributed by atoms with Crippen molar-refractivity contribution in [3.8, 4) is 5.75 Å². The number of nitrogens with two attached hydrogens (primary N) is 1. The molecule has 3 nitrogen and oxygen atoms in total. The molecule has 0 unspecified atom stereocenters. The Balaban J connectivity index is 3.15. The Morgan fingerprint density at radius 1 is 1.70 bits per heavy atom. The van der Waals surface area contributed by atoms with Crippen LogP contribution in [0.5, 0.6) is 5.75 Å². The molecule has 0 spiro atoms. The molecule has 0 atom stereocenters. The van der Waals surface area contributed by atoms with Crippen molar-refractivity contribution in [1.29, 1.82) is 0 Å². The zero-order chi connectivity index (χ0) is 7.56. The fourth-order valence-corrected chi connectivity index (χ4v) is 0.767. The van der Waals surface area contributed by atoms with Gasteiger partial charge >= 0.3 is 0 Å². The van der Waals surface area contributed by atoms with Crippen LogP contribution in [-0.4, -0.2) is 15.1 Å². The Hall–Kier alpha value is -1.16. The van der Waals surface area contributed by atoms with E-state index in [-0.39, 0.29) is 10.7 Å². The van der Waals surface area contributed by atoms with Gasteiger partial charge in [0, 0.05) is 6.20 Å². The topological polar surface area (TPSA) is 59.1 Å². The smallest absolute Gasteiger partial charge is 0.144 e. The van der Waals surface area contributed by atoms with Crippen molar-refractivity contribution in [2.75, 3.05) is 0 Å². The SMILES string of the molecule is NC(=S)c1ccncc1O. The van der Waals surface area contributed by atoms with Gasteiger partial charge < -0.3 is 10.8 Å². The Morgan fingerprint density at radius 2 is 2.40 bits per heavy atom. The molecule has 0 aromatic carbocycles. The largest absolute Gasteiger partial charge is 0.506 e. The summed E-state index contributed by atoms with van der Waals surface area (Å²) < 4.78 is 0. The van der Waals surface area contributed by atoms with Crippen LogP contribution in [0.4, 0.5) is 0 Å². The van der Waals surface area contributed by atoms with Crippen LogP contribution in [0, 0.1) is 0 Å². The van der Waals surface area contributed by atoms with Crippen molar-refractivity contribution in [3.63, 3.8) is 0 Å². The van der Waals surface area contributed by atoms with Crippen molar-refractivity contribution in [2.45, 2.75) is 0 Å². The molecule has 0 aliphatic carbocycles. The third-order valence-electron chi connectivity index (χ3n) is 1.07. The van der Waals surface area contributed by atoms with Crippen LogP contribution in [0.25, 0.3) is 0 Å². The Bertz CT molecular complexity index is 262. The van der Waals surface area contributed by atoms with E-state index in [2.05, 4.69) is 17.2 Å².